The number of hydrogen-bond donors (Lipinski definition) is 0. The van der Waals surface area contributed by atoms with E-state index >= 15 is 0 Å². The summed E-state index contributed by atoms with van der Waals surface area (Å²) in [5.41, 5.74) is 1.97. The summed E-state index contributed by atoms with van der Waals surface area (Å²) in [4.78, 5) is 11.1. The average Bonchev–Trinajstić information content (AvgIpc) is 2.99. The number of aromatic nitrogens is 3. The van der Waals surface area contributed by atoms with Gasteiger partial charge in [-0.1, -0.05) is 41.6 Å². The van der Waals surface area contributed by atoms with Crippen molar-refractivity contribution in [3.05, 3.63) is 72.1 Å². The van der Waals surface area contributed by atoms with Crippen LogP contribution in [-0.4, -0.2) is 27.9 Å². The Hall–Kier alpha value is -2.95. The summed E-state index contributed by atoms with van der Waals surface area (Å²) >= 11 is 0. The second-order valence-corrected chi connectivity index (χ2v) is 4.70. The predicted octanol–water partition coefficient (Wildman–Crippen LogP) is 2.70. The van der Waals surface area contributed by atoms with E-state index in [2.05, 4.69) is 10.3 Å². The van der Waals surface area contributed by atoms with Gasteiger partial charge in [0.1, 0.15) is 11.4 Å². The van der Waals surface area contributed by atoms with Crippen LogP contribution in [0.25, 0.3) is 5.69 Å². The first-order valence-electron chi connectivity index (χ1n) is 7.01. The molecule has 0 aliphatic rings. The predicted molar refractivity (Wildman–Crippen MR) is 82.4 cm³/mol. The maximum absolute atomic E-state index is 11.1. The topological polar surface area (TPSA) is 57.0 Å². The fraction of sp³-hybridized carbons (Fsp3) is 0.118. The van der Waals surface area contributed by atoms with Gasteiger partial charge in [0, 0.05) is 6.42 Å². The lowest BCUT2D eigenvalue weighted by Crippen LogP contribution is -2.09. The summed E-state index contributed by atoms with van der Waals surface area (Å²) in [5, 5.41) is 7.99. The number of hydrogen-bond acceptors (Lipinski definition) is 4. The van der Waals surface area contributed by atoms with Crippen LogP contribution in [0.3, 0.4) is 0 Å². The highest BCUT2D eigenvalue weighted by molar-refractivity contribution is 5.73. The van der Waals surface area contributed by atoms with Crippen molar-refractivity contribution in [2.45, 2.75) is 6.42 Å². The van der Waals surface area contributed by atoms with Gasteiger partial charge in [0.25, 0.3) is 0 Å². The normalized spacial score (nSPS) is 10.4. The lowest BCUT2D eigenvalue weighted by molar-refractivity contribution is 0.111. The summed E-state index contributed by atoms with van der Waals surface area (Å²) < 4.78 is 7.36. The van der Waals surface area contributed by atoms with Gasteiger partial charge >= 0.3 is 0 Å². The third kappa shape index (κ3) is 3.03. The highest BCUT2D eigenvalue weighted by atomic mass is 16.5. The highest BCUT2D eigenvalue weighted by Crippen LogP contribution is 2.14. The van der Waals surface area contributed by atoms with Crippen molar-refractivity contribution in [1.82, 2.24) is 15.0 Å². The quantitative estimate of drug-likeness (QED) is 0.656. The number of benzene rings is 2. The minimum atomic E-state index is 0.348. The van der Waals surface area contributed by atoms with E-state index in [1.54, 1.807) is 4.68 Å². The molecule has 110 valence electrons. The zero-order chi connectivity index (χ0) is 15.2. The molecule has 0 unspecified atom stereocenters. The van der Waals surface area contributed by atoms with Gasteiger partial charge < -0.3 is 4.74 Å². The molecule has 0 fully saturated rings. The van der Waals surface area contributed by atoms with Crippen LogP contribution < -0.4 is 4.74 Å². The maximum Gasteiger partial charge on any atom is 0.172 e. The van der Waals surface area contributed by atoms with Crippen LogP contribution in [0.2, 0.25) is 0 Å². The molecule has 0 N–H and O–H groups in total. The molecule has 5 heteroatoms. The lowest BCUT2D eigenvalue weighted by atomic mass is 10.2. The third-order valence-electron chi connectivity index (χ3n) is 3.26. The molecule has 0 aliphatic heterocycles. The number of aldehydes is 1. The number of carbonyl (C=O) groups is 1. The van der Waals surface area contributed by atoms with Gasteiger partial charge in [-0.05, 0) is 24.3 Å². The fourth-order valence-corrected chi connectivity index (χ4v) is 2.20. The second-order valence-electron chi connectivity index (χ2n) is 4.70. The summed E-state index contributed by atoms with van der Waals surface area (Å²) in [6.07, 6.45) is 1.27. The summed E-state index contributed by atoms with van der Waals surface area (Å²) in [7, 11) is 0. The molecule has 0 saturated heterocycles. The molecule has 3 aromatic rings. The maximum atomic E-state index is 11.1. The monoisotopic (exact) mass is 293 g/mol. The standard InChI is InChI=1S/C17H15N3O2/c21-13-16-17(11-12-22-15-9-5-2-6-10-15)20(19-18-16)14-7-3-1-4-8-14/h1-10,13H,11-12H2. The third-order valence-corrected chi connectivity index (χ3v) is 3.26. The van der Waals surface area contributed by atoms with E-state index in [0.717, 1.165) is 23.4 Å². The summed E-state index contributed by atoms with van der Waals surface area (Å²) in [6.45, 7) is 0.449. The van der Waals surface area contributed by atoms with Crippen LogP contribution in [0.1, 0.15) is 16.2 Å². The minimum absolute atomic E-state index is 0.348. The Kier molecular flexibility index (Phi) is 4.25. The van der Waals surface area contributed by atoms with Crippen LogP contribution in [0.4, 0.5) is 0 Å². The van der Waals surface area contributed by atoms with E-state index in [1.807, 2.05) is 60.7 Å². The molecule has 0 aliphatic carbocycles. The van der Waals surface area contributed by atoms with Crippen molar-refractivity contribution in [3.63, 3.8) is 0 Å². The van der Waals surface area contributed by atoms with Crippen molar-refractivity contribution in [2.75, 3.05) is 6.61 Å². The molecule has 1 heterocycles. The number of rotatable bonds is 6. The molecule has 5 nitrogen and oxygen atoms in total. The highest BCUT2D eigenvalue weighted by Gasteiger charge is 2.13. The van der Waals surface area contributed by atoms with E-state index < -0.39 is 0 Å². The van der Waals surface area contributed by atoms with Crippen molar-refractivity contribution < 1.29 is 9.53 Å². The molecule has 0 saturated carbocycles. The molecule has 0 atom stereocenters. The van der Waals surface area contributed by atoms with Gasteiger partial charge in [-0.25, -0.2) is 4.68 Å². The molecule has 0 bridgehead atoms. The first-order valence-corrected chi connectivity index (χ1v) is 7.01. The lowest BCUT2D eigenvalue weighted by Gasteiger charge is -2.08. The van der Waals surface area contributed by atoms with Crippen molar-refractivity contribution in [3.8, 4) is 11.4 Å². The Balaban J connectivity index is 1.77. The van der Waals surface area contributed by atoms with Gasteiger partial charge in [0.2, 0.25) is 0 Å². The molecule has 0 radical (unpaired) electrons. The smallest absolute Gasteiger partial charge is 0.172 e. The van der Waals surface area contributed by atoms with E-state index in [9.17, 15) is 4.79 Å². The molecule has 0 amide bonds. The van der Waals surface area contributed by atoms with Crippen molar-refractivity contribution >= 4 is 6.29 Å². The Bertz CT molecular complexity index is 739. The molecule has 0 spiro atoms. The zero-order valence-electron chi connectivity index (χ0n) is 11.9. The second kappa shape index (κ2) is 6.67. The van der Waals surface area contributed by atoms with E-state index in [-0.39, 0.29) is 0 Å². The number of nitrogens with zero attached hydrogens (tertiary/aromatic N) is 3. The van der Waals surface area contributed by atoms with Crippen molar-refractivity contribution in [1.29, 1.82) is 0 Å². The van der Waals surface area contributed by atoms with Crippen LogP contribution >= 0.6 is 0 Å². The number of ether oxygens (including phenoxy) is 1. The van der Waals surface area contributed by atoms with Crippen LogP contribution in [-0.2, 0) is 6.42 Å². The van der Waals surface area contributed by atoms with Crippen LogP contribution in [0.5, 0.6) is 5.75 Å². The Morgan fingerprint density at radius 3 is 2.36 bits per heavy atom. The molecule has 1 aromatic heterocycles. The van der Waals surface area contributed by atoms with Gasteiger partial charge in [0.05, 0.1) is 18.0 Å². The van der Waals surface area contributed by atoms with E-state index in [1.165, 1.54) is 0 Å². The largest absolute Gasteiger partial charge is 0.493 e. The first-order chi connectivity index (χ1) is 10.9. The Labute approximate surface area is 128 Å². The molecule has 2 aromatic carbocycles. The Morgan fingerprint density at radius 2 is 1.68 bits per heavy atom. The minimum Gasteiger partial charge on any atom is -0.493 e. The first kappa shape index (κ1) is 14.0. The average molecular weight is 293 g/mol. The van der Waals surface area contributed by atoms with Crippen LogP contribution in [0, 0.1) is 0 Å². The number of para-hydroxylation sites is 2. The van der Waals surface area contributed by atoms with Crippen LogP contribution in [0.15, 0.2) is 60.7 Å². The van der Waals surface area contributed by atoms with Gasteiger partial charge in [-0.3, -0.25) is 4.79 Å². The summed E-state index contributed by atoms with van der Waals surface area (Å²) in [6, 6.07) is 19.2. The number of carbonyl (C=O) groups excluding carboxylic acids is 1. The van der Waals surface area contributed by atoms with E-state index in [4.69, 9.17) is 4.74 Å². The summed E-state index contributed by atoms with van der Waals surface area (Å²) in [5.74, 6) is 0.800. The molecular weight excluding hydrogens is 278 g/mol. The SMILES string of the molecule is O=Cc1nnn(-c2ccccc2)c1CCOc1ccccc1. The fourth-order valence-electron chi connectivity index (χ4n) is 2.20. The molecular formula is C17H15N3O2. The van der Waals surface area contributed by atoms with Gasteiger partial charge in [-0.2, -0.15) is 0 Å². The Morgan fingerprint density at radius 1 is 1.00 bits per heavy atom. The van der Waals surface area contributed by atoms with Gasteiger partial charge in [-0.15, -0.1) is 5.10 Å². The van der Waals surface area contributed by atoms with Gasteiger partial charge in [0.15, 0.2) is 6.29 Å². The molecule has 3 rings (SSSR count). The van der Waals surface area contributed by atoms with Crippen molar-refractivity contribution in [2.24, 2.45) is 0 Å². The van der Waals surface area contributed by atoms with E-state index in [0.29, 0.717) is 18.7 Å². The molecule has 22 heavy (non-hydrogen) atoms. The zero-order valence-corrected chi connectivity index (χ0v) is 11.9.